The molecule has 0 fully saturated rings. The Kier molecular flexibility index (Phi) is 5.54. The Morgan fingerprint density at radius 1 is 0.568 bits per heavy atom. The Morgan fingerprint density at radius 3 is 1.91 bits per heavy atom. The van der Waals surface area contributed by atoms with Crippen LogP contribution in [-0.2, 0) is 24.9 Å². The van der Waals surface area contributed by atoms with Gasteiger partial charge in [-0.3, -0.25) is 4.90 Å². The van der Waals surface area contributed by atoms with E-state index in [2.05, 4.69) is 157 Å². The van der Waals surface area contributed by atoms with Crippen molar-refractivity contribution in [3.63, 3.8) is 0 Å². The standard InChI is InChI=1S/C42H34N2/c1-43(26-28-22-23-30-25-29-12-3-10-21-39(29)44(2)40(30)24-28)27-31-13-11-20-38-41(31)34-16-6-9-19-37(34)42(38)35-17-7-4-14-32(35)33-15-5-8-18-36(33)42/h3-24H,25-27H2,1-2H3. The van der Waals surface area contributed by atoms with Crippen molar-refractivity contribution in [3.8, 4) is 22.3 Å². The van der Waals surface area contributed by atoms with Crippen molar-refractivity contribution in [2.45, 2.75) is 24.9 Å². The summed E-state index contributed by atoms with van der Waals surface area (Å²) in [6.07, 6.45) is 0.996. The van der Waals surface area contributed by atoms with Crippen LogP contribution in [0.1, 0.15) is 44.5 Å². The van der Waals surface area contributed by atoms with Gasteiger partial charge in [0.25, 0.3) is 0 Å². The number of fused-ring (bicyclic) bond motifs is 12. The lowest BCUT2D eigenvalue weighted by molar-refractivity contribution is 0.319. The Bertz CT molecular complexity index is 2060. The summed E-state index contributed by atoms with van der Waals surface area (Å²) in [5, 5.41) is 0. The fraction of sp³-hybridized carbons (Fsp3) is 0.143. The molecule has 0 unspecified atom stereocenters. The Morgan fingerprint density at radius 2 is 1.16 bits per heavy atom. The normalized spacial score (nSPS) is 14.6. The van der Waals surface area contributed by atoms with Crippen LogP contribution in [0.25, 0.3) is 22.3 Å². The van der Waals surface area contributed by atoms with Gasteiger partial charge in [-0.1, -0.05) is 121 Å². The highest BCUT2D eigenvalue weighted by atomic mass is 15.1. The molecule has 2 nitrogen and oxygen atoms in total. The van der Waals surface area contributed by atoms with Crippen molar-refractivity contribution in [2.75, 3.05) is 19.0 Å². The molecule has 0 bridgehead atoms. The van der Waals surface area contributed by atoms with E-state index in [1.165, 1.54) is 78.1 Å². The van der Waals surface area contributed by atoms with Gasteiger partial charge >= 0.3 is 0 Å². The zero-order valence-electron chi connectivity index (χ0n) is 25.2. The SMILES string of the molecule is CN(Cc1ccc2c(c1)N(C)c1ccccc1C2)Cc1cccc2c1-c1ccccc1C21c2ccccc2-c2ccccc21. The highest BCUT2D eigenvalue weighted by molar-refractivity contribution is 5.95. The number of hydrogen-bond donors (Lipinski definition) is 0. The molecular formula is C42H34N2. The van der Waals surface area contributed by atoms with Crippen molar-refractivity contribution in [2.24, 2.45) is 0 Å². The maximum Gasteiger partial charge on any atom is 0.0725 e. The molecule has 44 heavy (non-hydrogen) atoms. The summed E-state index contributed by atoms with van der Waals surface area (Å²) in [5.74, 6) is 0. The maximum absolute atomic E-state index is 2.47. The third kappa shape index (κ3) is 3.46. The Hall–Kier alpha value is -4.92. The van der Waals surface area contributed by atoms with E-state index in [1.807, 2.05) is 0 Å². The van der Waals surface area contributed by atoms with E-state index in [-0.39, 0.29) is 5.41 Å². The van der Waals surface area contributed by atoms with Crippen molar-refractivity contribution in [1.82, 2.24) is 4.90 Å². The average Bonchev–Trinajstić information content (AvgIpc) is 3.53. The summed E-state index contributed by atoms with van der Waals surface area (Å²) >= 11 is 0. The van der Waals surface area contributed by atoms with Gasteiger partial charge in [0.1, 0.15) is 0 Å². The van der Waals surface area contributed by atoms with E-state index in [0.717, 1.165) is 19.5 Å². The van der Waals surface area contributed by atoms with Gasteiger partial charge in [0.2, 0.25) is 0 Å². The predicted octanol–water partition coefficient (Wildman–Crippen LogP) is 9.33. The first-order valence-electron chi connectivity index (χ1n) is 15.7. The monoisotopic (exact) mass is 566 g/mol. The molecule has 0 N–H and O–H groups in total. The average molecular weight is 567 g/mol. The molecule has 0 aromatic heterocycles. The molecule has 212 valence electrons. The minimum Gasteiger partial charge on any atom is -0.344 e. The molecule has 6 aromatic rings. The first-order valence-corrected chi connectivity index (χ1v) is 15.7. The van der Waals surface area contributed by atoms with Crippen LogP contribution in [0, 0.1) is 0 Å². The second-order valence-electron chi connectivity index (χ2n) is 12.7. The summed E-state index contributed by atoms with van der Waals surface area (Å²) in [5.41, 5.74) is 19.0. The molecule has 1 spiro atoms. The fourth-order valence-corrected chi connectivity index (χ4v) is 8.50. The quantitative estimate of drug-likeness (QED) is 0.209. The number of benzene rings is 6. The molecule has 1 heterocycles. The molecule has 6 aromatic carbocycles. The molecule has 2 heteroatoms. The molecule has 0 amide bonds. The maximum atomic E-state index is 2.47. The van der Waals surface area contributed by atoms with Gasteiger partial charge in [-0.15, -0.1) is 0 Å². The van der Waals surface area contributed by atoms with Crippen molar-refractivity contribution in [3.05, 3.63) is 178 Å². The van der Waals surface area contributed by atoms with Gasteiger partial charge in [-0.05, 0) is 85.9 Å². The van der Waals surface area contributed by atoms with Gasteiger partial charge in [0, 0.05) is 37.9 Å². The zero-order chi connectivity index (χ0) is 29.4. The minimum absolute atomic E-state index is 0.285. The zero-order valence-corrected chi connectivity index (χ0v) is 25.2. The minimum atomic E-state index is -0.285. The number of nitrogens with zero attached hydrogens (tertiary/aromatic N) is 2. The smallest absolute Gasteiger partial charge is 0.0725 e. The van der Waals surface area contributed by atoms with Gasteiger partial charge in [0.05, 0.1) is 5.41 Å². The lowest BCUT2D eigenvalue weighted by Crippen LogP contribution is -2.26. The molecule has 0 saturated heterocycles. The van der Waals surface area contributed by atoms with Crippen LogP contribution in [0.5, 0.6) is 0 Å². The fourth-order valence-electron chi connectivity index (χ4n) is 8.50. The second kappa shape index (κ2) is 9.54. The van der Waals surface area contributed by atoms with Crippen molar-refractivity contribution in [1.29, 1.82) is 0 Å². The molecule has 9 rings (SSSR count). The third-order valence-corrected chi connectivity index (χ3v) is 10.2. The van der Waals surface area contributed by atoms with Crippen LogP contribution in [0.3, 0.4) is 0 Å². The highest BCUT2D eigenvalue weighted by Gasteiger charge is 2.51. The molecule has 0 saturated carbocycles. The molecule has 1 aliphatic heterocycles. The van der Waals surface area contributed by atoms with Crippen molar-refractivity contribution < 1.29 is 0 Å². The summed E-state index contributed by atoms with van der Waals surface area (Å²) in [7, 11) is 4.46. The van der Waals surface area contributed by atoms with Gasteiger partial charge in [-0.2, -0.15) is 0 Å². The lowest BCUT2D eigenvalue weighted by Gasteiger charge is -2.31. The number of anilines is 2. The Labute approximate surface area is 259 Å². The van der Waals surface area contributed by atoms with Crippen LogP contribution in [0.4, 0.5) is 11.4 Å². The molecule has 0 atom stereocenters. The van der Waals surface area contributed by atoms with E-state index in [0.29, 0.717) is 0 Å². The largest absolute Gasteiger partial charge is 0.344 e. The van der Waals surface area contributed by atoms with Gasteiger partial charge < -0.3 is 4.90 Å². The number of para-hydroxylation sites is 1. The van der Waals surface area contributed by atoms with E-state index < -0.39 is 0 Å². The summed E-state index contributed by atoms with van der Waals surface area (Å²) in [6.45, 7) is 1.78. The number of hydrogen-bond acceptors (Lipinski definition) is 2. The third-order valence-electron chi connectivity index (χ3n) is 10.2. The summed E-state index contributed by atoms with van der Waals surface area (Å²) in [6, 6.07) is 50.0. The van der Waals surface area contributed by atoms with E-state index in [1.54, 1.807) is 0 Å². The first-order chi connectivity index (χ1) is 21.6. The van der Waals surface area contributed by atoms with Crippen LogP contribution >= 0.6 is 0 Å². The van der Waals surface area contributed by atoms with Crippen molar-refractivity contribution >= 4 is 11.4 Å². The van der Waals surface area contributed by atoms with E-state index in [4.69, 9.17) is 0 Å². The molecule has 0 radical (unpaired) electrons. The Balaban J connectivity index is 1.10. The molecule has 3 aliphatic rings. The number of rotatable bonds is 4. The predicted molar refractivity (Wildman–Crippen MR) is 182 cm³/mol. The lowest BCUT2D eigenvalue weighted by atomic mass is 9.70. The van der Waals surface area contributed by atoms with Crippen LogP contribution in [0.15, 0.2) is 133 Å². The summed E-state index contributed by atoms with van der Waals surface area (Å²) in [4.78, 5) is 4.83. The second-order valence-corrected chi connectivity index (χ2v) is 12.7. The van der Waals surface area contributed by atoms with Gasteiger partial charge in [-0.25, -0.2) is 0 Å². The molecular weight excluding hydrogens is 532 g/mol. The van der Waals surface area contributed by atoms with E-state index >= 15 is 0 Å². The highest BCUT2D eigenvalue weighted by Crippen LogP contribution is 2.63. The van der Waals surface area contributed by atoms with Crippen LogP contribution < -0.4 is 4.90 Å². The topological polar surface area (TPSA) is 6.48 Å². The van der Waals surface area contributed by atoms with Crippen LogP contribution in [-0.4, -0.2) is 19.0 Å². The van der Waals surface area contributed by atoms with Crippen LogP contribution in [0.2, 0.25) is 0 Å². The van der Waals surface area contributed by atoms with Gasteiger partial charge in [0.15, 0.2) is 0 Å². The van der Waals surface area contributed by atoms with E-state index in [9.17, 15) is 0 Å². The molecule has 2 aliphatic carbocycles. The summed E-state index contributed by atoms with van der Waals surface area (Å²) < 4.78 is 0. The first kappa shape index (κ1) is 25.6.